The molecule has 1 aromatic heterocycles. The van der Waals surface area contributed by atoms with Gasteiger partial charge in [-0.3, -0.25) is 19.2 Å². The number of benzene rings is 2. The maximum Gasteiger partial charge on any atom is 0.253 e. The summed E-state index contributed by atoms with van der Waals surface area (Å²) in [5, 5.41) is 7.97. The summed E-state index contributed by atoms with van der Waals surface area (Å²) in [7, 11) is 1.99. The molecular weight excluding hydrogens is 510 g/mol. The van der Waals surface area contributed by atoms with Crippen molar-refractivity contribution in [2.75, 3.05) is 26.2 Å². The monoisotopic (exact) mass is 545 g/mol. The molecule has 1 N–H and O–H groups in total. The van der Waals surface area contributed by atoms with Crippen molar-refractivity contribution in [3.8, 4) is 0 Å². The Morgan fingerprint density at radius 3 is 2.62 bits per heavy atom. The van der Waals surface area contributed by atoms with Crippen molar-refractivity contribution in [1.29, 1.82) is 0 Å². The summed E-state index contributed by atoms with van der Waals surface area (Å²) < 4.78 is 1.94. The second kappa shape index (κ2) is 10.4. The second-order valence-corrected chi connectivity index (χ2v) is 12.0. The Hall–Kier alpha value is -3.16. The fraction of sp³-hybridized carbons (Fsp3) is 0.452. The molecule has 3 aliphatic rings. The second-order valence-electron chi connectivity index (χ2n) is 11.6. The first kappa shape index (κ1) is 26.1. The van der Waals surface area contributed by atoms with Gasteiger partial charge < -0.3 is 10.2 Å². The molecule has 2 fully saturated rings. The van der Waals surface area contributed by atoms with Crippen LogP contribution in [0.1, 0.15) is 74.8 Å². The third-order valence-electron chi connectivity index (χ3n) is 9.27. The number of aryl methyl sites for hydroxylation is 2. The quantitative estimate of drug-likeness (QED) is 0.493. The van der Waals surface area contributed by atoms with Crippen LogP contribution < -0.4 is 5.32 Å². The molecule has 0 radical (unpaired) electrons. The van der Waals surface area contributed by atoms with Crippen molar-refractivity contribution < 1.29 is 9.59 Å². The number of piperidine rings is 1. The number of nitrogens with zero attached hydrogens (tertiary/aromatic N) is 4. The molecule has 0 saturated carbocycles. The van der Waals surface area contributed by atoms with E-state index in [-0.39, 0.29) is 23.3 Å². The molecular formula is C31H36ClN5O2. The fourth-order valence-electron chi connectivity index (χ4n) is 6.59. The molecule has 7 nitrogen and oxygen atoms in total. The number of fused-ring (bicyclic) bond motifs is 1. The summed E-state index contributed by atoms with van der Waals surface area (Å²) in [5.41, 5.74) is 6.19. The largest absolute Gasteiger partial charge is 0.345 e. The number of aromatic nitrogens is 2. The van der Waals surface area contributed by atoms with Gasteiger partial charge in [-0.15, -0.1) is 0 Å². The van der Waals surface area contributed by atoms with Crippen molar-refractivity contribution >= 4 is 23.4 Å². The number of hydrogen-bond acceptors (Lipinski definition) is 4. The summed E-state index contributed by atoms with van der Waals surface area (Å²) >= 11 is 6.24. The van der Waals surface area contributed by atoms with E-state index >= 15 is 0 Å². The number of amides is 2. The molecule has 39 heavy (non-hydrogen) atoms. The first-order valence-electron chi connectivity index (χ1n) is 14.0. The molecule has 0 bridgehead atoms. The van der Waals surface area contributed by atoms with Gasteiger partial charge in [0.05, 0.1) is 22.8 Å². The molecule has 2 amide bonds. The minimum atomic E-state index is -0.179. The normalized spacial score (nSPS) is 20.4. The average molecular weight is 546 g/mol. The van der Waals surface area contributed by atoms with Crippen LogP contribution >= 0.6 is 11.6 Å². The molecule has 2 aromatic carbocycles. The van der Waals surface area contributed by atoms with E-state index in [0.29, 0.717) is 16.1 Å². The van der Waals surface area contributed by atoms with E-state index in [1.807, 2.05) is 42.2 Å². The minimum absolute atomic E-state index is 0.103. The highest BCUT2D eigenvalue weighted by atomic mass is 35.5. The van der Waals surface area contributed by atoms with Gasteiger partial charge in [-0.2, -0.15) is 5.10 Å². The highest BCUT2D eigenvalue weighted by molar-refractivity contribution is 6.33. The third-order valence-corrected chi connectivity index (χ3v) is 9.60. The van der Waals surface area contributed by atoms with Gasteiger partial charge >= 0.3 is 0 Å². The van der Waals surface area contributed by atoms with E-state index in [9.17, 15) is 9.59 Å². The van der Waals surface area contributed by atoms with Gasteiger partial charge in [0.15, 0.2) is 0 Å². The maximum absolute atomic E-state index is 13.6. The van der Waals surface area contributed by atoms with Gasteiger partial charge in [-0.05, 0) is 92.9 Å². The van der Waals surface area contributed by atoms with Gasteiger partial charge in [-0.1, -0.05) is 29.8 Å². The lowest BCUT2D eigenvalue weighted by Gasteiger charge is -2.39. The van der Waals surface area contributed by atoms with E-state index in [1.54, 1.807) is 12.1 Å². The topological polar surface area (TPSA) is 70.5 Å². The van der Waals surface area contributed by atoms with Gasteiger partial charge in [0.2, 0.25) is 0 Å². The van der Waals surface area contributed by atoms with Crippen LogP contribution in [0, 0.1) is 12.3 Å². The van der Waals surface area contributed by atoms with Crippen LogP contribution in [0.15, 0.2) is 48.7 Å². The van der Waals surface area contributed by atoms with Crippen LogP contribution in [0.25, 0.3) is 0 Å². The number of hydrogen-bond donors (Lipinski definition) is 1. The van der Waals surface area contributed by atoms with Gasteiger partial charge in [0, 0.05) is 43.5 Å². The standard InChI is InChI=1S/C31H36ClN5O2/c1-21-24(18-33-35(21)2)19-36-14-11-31(12-15-36)13-16-37(20-31)30(39)23-8-7-22-9-10-28(26(22)17-23)34-29(38)25-5-3-4-6-27(25)32/h3-8,17-18,28H,9-16,19-20H2,1-2H3,(H,34,38). The van der Waals surface area contributed by atoms with Crippen LogP contribution in [0.3, 0.4) is 0 Å². The molecule has 3 heterocycles. The van der Waals surface area contributed by atoms with E-state index < -0.39 is 0 Å². The van der Waals surface area contributed by atoms with Crippen molar-refractivity contribution in [3.63, 3.8) is 0 Å². The highest BCUT2D eigenvalue weighted by Gasteiger charge is 2.42. The molecule has 204 valence electrons. The number of carbonyl (C=O) groups excluding carboxylic acids is 2. The molecule has 3 aromatic rings. The Labute approximate surface area is 235 Å². The number of carbonyl (C=O) groups is 2. The summed E-state index contributed by atoms with van der Waals surface area (Å²) in [6.07, 6.45) is 7.01. The molecule has 2 aliphatic heterocycles. The van der Waals surface area contributed by atoms with E-state index in [1.165, 1.54) is 16.8 Å². The van der Waals surface area contributed by atoms with E-state index in [2.05, 4.69) is 33.2 Å². The molecule has 1 aliphatic carbocycles. The number of nitrogens with one attached hydrogen (secondary N) is 1. The van der Waals surface area contributed by atoms with E-state index in [4.69, 9.17) is 11.6 Å². The molecule has 8 heteroatoms. The molecule has 2 saturated heterocycles. The van der Waals surface area contributed by atoms with Crippen LogP contribution in [-0.4, -0.2) is 57.6 Å². The van der Waals surface area contributed by atoms with Crippen LogP contribution in [0.2, 0.25) is 5.02 Å². The van der Waals surface area contributed by atoms with Crippen LogP contribution in [0.5, 0.6) is 0 Å². The summed E-state index contributed by atoms with van der Waals surface area (Å²) in [6, 6.07) is 13.0. The van der Waals surface area contributed by atoms with Crippen molar-refractivity contribution in [1.82, 2.24) is 24.9 Å². The smallest absolute Gasteiger partial charge is 0.253 e. The maximum atomic E-state index is 13.6. The SMILES string of the molecule is Cc1c(CN2CCC3(CC2)CCN(C(=O)c2ccc4c(c2)C(NC(=O)c2ccccc2Cl)CC4)C3)cnn1C. The minimum Gasteiger partial charge on any atom is -0.345 e. The lowest BCUT2D eigenvalue weighted by molar-refractivity contribution is 0.0713. The molecule has 1 unspecified atom stereocenters. The number of halogens is 1. The Bertz CT molecular complexity index is 1410. The van der Waals surface area contributed by atoms with E-state index in [0.717, 1.165) is 70.4 Å². The Kier molecular flexibility index (Phi) is 6.98. The first-order chi connectivity index (χ1) is 18.8. The first-order valence-corrected chi connectivity index (χ1v) is 14.4. The Balaban J connectivity index is 1.09. The number of likely N-dealkylation sites (tertiary alicyclic amines) is 2. The lowest BCUT2D eigenvalue weighted by Crippen LogP contribution is -2.42. The van der Waals surface area contributed by atoms with Crippen molar-refractivity contribution in [2.45, 2.75) is 51.6 Å². The third kappa shape index (κ3) is 5.10. The number of rotatable bonds is 5. The zero-order valence-corrected chi connectivity index (χ0v) is 23.5. The van der Waals surface area contributed by atoms with Crippen LogP contribution in [-0.2, 0) is 20.0 Å². The predicted octanol–water partition coefficient (Wildman–Crippen LogP) is 4.93. The molecule has 1 atom stereocenters. The zero-order chi connectivity index (χ0) is 27.1. The summed E-state index contributed by atoms with van der Waals surface area (Å²) in [6.45, 7) is 6.83. The summed E-state index contributed by atoms with van der Waals surface area (Å²) in [4.78, 5) is 31.1. The summed E-state index contributed by atoms with van der Waals surface area (Å²) in [5.74, 6) is -0.0761. The Morgan fingerprint density at radius 1 is 1.10 bits per heavy atom. The zero-order valence-electron chi connectivity index (χ0n) is 22.8. The average Bonchev–Trinajstić information content (AvgIpc) is 3.63. The van der Waals surface area contributed by atoms with Crippen molar-refractivity contribution in [3.05, 3.63) is 87.2 Å². The lowest BCUT2D eigenvalue weighted by atomic mass is 9.77. The molecule has 6 rings (SSSR count). The van der Waals surface area contributed by atoms with Gasteiger partial charge in [-0.25, -0.2) is 0 Å². The van der Waals surface area contributed by atoms with Gasteiger partial charge in [0.1, 0.15) is 0 Å². The molecule has 1 spiro atoms. The predicted molar refractivity (Wildman–Crippen MR) is 152 cm³/mol. The fourth-order valence-corrected chi connectivity index (χ4v) is 6.81. The van der Waals surface area contributed by atoms with Crippen molar-refractivity contribution in [2.24, 2.45) is 12.5 Å². The van der Waals surface area contributed by atoms with Gasteiger partial charge in [0.25, 0.3) is 11.8 Å². The Morgan fingerprint density at radius 2 is 1.87 bits per heavy atom. The van der Waals surface area contributed by atoms with Crippen LogP contribution in [0.4, 0.5) is 0 Å². The highest BCUT2D eigenvalue weighted by Crippen LogP contribution is 2.41.